The fourth-order valence-electron chi connectivity index (χ4n) is 1.69. The van der Waals surface area contributed by atoms with Gasteiger partial charge < -0.3 is 9.84 Å². The van der Waals surface area contributed by atoms with E-state index < -0.39 is 0 Å². The third-order valence-corrected chi connectivity index (χ3v) is 2.75. The van der Waals surface area contributed by atoms with Gasteiger partial charge in [-0.1, -0.05) is 0 Å². The van der Waals surface area contributed by atoms with E-state index in [0.29, 0.717) is 5.75 Å². The van der Waals surface area contributed by atoms with Gasteiger partial charge in [0.25, 0.3) is 0 Å². The molecule has 0 bridgehead atoms. The number of nitrogens with zero attached hydrogens (tertiary/aromatic N) is 1. The number of ether oxygens (including phenoxy) is 1. The Morgan fingerprint density at radius 3 is 2.73 bits per heavy atom. The van der Waals surface area contributed by atoms with Gasteiger partial charge in [-0.05, 0) is 17.5 Å². The van der Waals surface area contributed by atoms with Crippen LogP contribution in [0, 0.1) is 6.92 Å². The zero-order chi connectivity index (χ0) is 11.0. The lowest BCUT2D eigenvalue weighted by atomic mass is 10.1. The van der Waals surface area contributed by atoms with Crippen molar-refractivity contribution in [3.05, 3.63) is 30.1 Å². The summed E-state index contributed by atoms with van der Waals surface area (Å²) in [4.78, 5) is 0. The summed E-state index contributed by atoms with van der Waals surface area (Å²) in [6.07, 6.45) is 1.99. The molecule has 0 unspecified atom stereocenters. The molecular weight excluding hydrogens is 190 g/mol. The van der Waals surface area contributed by atoms with Crippen LogP contribution in [-0.4, -0.2) is 12.2 Å². The van der Waals surface area contributed by atoms with Crippen molar-refractivity contribution in [1.82, 2.24) is 0 Å². The van der Waals surface area contributed by atoms with Crippen molar-refractivity contribution in [2.75, 3.05) is 7.11 Å². The van der Waals surface area contributed by atoms with E-state index >= 15 is 0 Å². The van der Waals surface area contributed by atoms with Crippen LogP contribution >= 0.6 is 0 Å². The van der Waals surface area contributed by atoms with Gasteiger partial charge in [0.05, 0.1) is 12.5 Å². The van der Waals surface area contributed by atoms with Gasteiger partial charge in [-0.2, -0.15) is 0 Å². The molecule has 0 aliphatic rings. The Bertz CT molecular complexity index is 521. The summed E-state index contributed by atoms with van der Waals surface area (Å²) in [5.74, 6) is 0.690. The zero-order valence-corrected chi connectivity index (χ0v) is 9.11. The highest BCUT2D eigenvalue weighted by Crippen LogP contribution is 2.31. The molecule has 2 rings (SSSR count). The molecule has 3 heteroatoms. The summed E-state index contributed by atoms with van der Waals surface area (Å²) in [6, 6.07) is 5.59. The van der Waals surface area contributed by atoms with Crippen molar-refractivity contribution < 1.29 is 14.4 Å². The number of phenols is 1. The highest BCUT2D eigenvalue weighted by Gasteiger charge is 2.10. The Kier molecular flexibility index (Phi) is 2.23. The highest BCUT2D eigenvalue weighted by molar-refractivity contribution is 5.86. The molecule has 0 spiro atoms. The summed E-state index contributed by atoms with van der Waals surface area (Å²) in [7, 11) is 3.53. The van der Waals surface area contributed by atoms with Crippen LogP contribution < -0.4 is 9.30 Å². The standard InChI is InChI=1S/C12H13NO2/c1-8-10-7-11(14)12(15-3)6-9(10)4-5-13(8)2/h4-7H,1-3H3/p+1. The lowest BCUT2D eigenvalue weighted by Gasteiger charge is -2.06. The van der Waals surface area contributed by atoms with Gasteiger partial charge in [0.2, 0.25) is 0 Å². The van der Waals surface area contributed by atoms with E-state index in [-0.39, 0.29) is 5.75 Å². The second-order valence-electron chi connectivity index (χ2n) is 3.62. The largest absolute Gasteiger partial charge is 0.504 e. The number of fused-ring (bicyclic) bond motifs is 1. The minimum absolute atomic E-state index is 0.180. The molecular formula is C12H14NO2+. The highest BCUT2D eigenvalue weighted by atomic mass is 16.5. The van der Waals surface area contributed by atoms with Gasteiger partial charge >= 0.3 is 0 Å². The number of phenolic OH excluding ortho intramolecular Hbond substituents is 1. The molecule has 0 fully saturated rings. The molecule has 0 aliphatic carbocycles. The van der Waals surface area contributed by atoms with E-state index in [0.717, 1.165) is 16.5 Å². The number of rotatable bonds is 1. The van der Waals surface area contributed by atoms with Crippen LogP contribution in [0.4, 0.5) is 0 Å². The maximum absolute atomic E-state index is 9.69. The topological polar surface area (TPSA) is 33.3 Å². The van der Waals surface area contributed by atoms with Gasteiger partial charge in [0, 0.05) is 13.0 Å². The minimum Gasteiger partial charge on any atom is -0.504 e. The quantitative estimate of drug-likeness (QED) is 0.717. The first kappa shape index (κ1) is 9.77. The van der Waals surface area contributed by atoms with Crippen LogP contribution in [0.5, 0.6) is 11.5 Å². The summed E-state index contributed by atoms with van der Waals surface area (Å²) >= 11 is 0. The van der Waals surface area contributed by atoms with Crippen molar-refractivity contribution in [1.29, 1.82) is 0 Å². The Labute approximate surface area is 88.5 Å². The smallest absolute Gasteiger partial charge is 0.185 e. The van der Waals surface area contributed by atoms with Crippen LogP contribution in [0.1, 0.15) is 5.69 Å². The summed E-state index contributed by atoms with van der Waals surface area (Å²) in [5.41, 5.74) is 1.12. The number of methoxy groups -OCH3 is 1. The Morgan fingerprint density at radius 1 is 1.33 bits per heavy atom. The van der Waals surface area contributed by atoms with Gasteiger partial charge in [-0.15, -0.1) is 0 Å². The summed E-state index contributed by atoms with van der Waals surface area (Å²) in [5, 5.41) is 11.8. The molecule has 0 atom stereocenters. The molecule has 2 aromatic rings. The average molecular weight is 204 g/mol. The second kappa shape index (κ2) is 3.42. The van der Waals surface area contributed by atoms with Crippen molar-refractivity contribution in [2.45, 2.75) is 6.92 Å². The molecule has 1 heterocycles. The molecule has 0 saturated carbocycles. The molecule has 1 N–H and O–H groups in total. The van der Waals surface area contributed by atoms with Gasteiger partial charge in [0.1, 0.15) is 7.05 Å². The van der Waals surface area contributed by atoms with E-state index in [1.54, 1.807) is 13.2 Å². The predicted octanol–water partition coefficient (Wildman–Crippen LogP) is 1.69. The van der Waals surface area contributed by atoms with Crippen molar-refractivity contribution >= 4 is 10.8 Å². The molecule has 3 nitrogen and oxygen atoms in total. The fourth-order valence-corrected chi connectivity index (χ4v) is 1.69. The number of aryl methyl sites for hydroxylation is 2. The minimum atomic E-state index is 0.180. The van der Waals surface area contributed by atoms with E-state index in [1.807, 2.05) is 36.9 Å². The third kappa shape index (κ3) is 1.50. The van der Waals surface area contributed by atoms with Gasteiger partial charge in [-0.3, -0.25) is 0 Å². The predicted molar refractivity (Wildman–Crippen MR) is 58.1 cm³/mol. The van der Waals surface area contributed by atoms with Gasteiger partial charge in [-0.25, -0.2) is 4.57 Å². The number of pyridine rings is 1. The molecule has 15 heavy (non-hydrogen) atoms. The third-order valence-electron chi connectivity index (χ3n) is 2.75. The Morgan fingerprint density at radius 2 is 2.07 bits per heavy atom. The van der Waals surface area contributed by atoms with Crippen molar-refractivity contribution in [2.24, 2.45) is 7.05 Å². The van der Waals surface area contributed by atoms with Crippen LogP contribution in [0.3, 0.4) is 0 Å². The fraction of sp³-hybridized carbons (Fsp3) is 0.250. The number of hydrogen-bond acceptors (Lipinski definition) is 2. The van der Waals surface area contributed by atoms with Gasteiger partial charge in [0.15, 0.2) is 23.4 Å². The van der Waals surface area contributed by atoms with Crippen molar-refractivity contribution in [3.8, 4) is 11.5 Å². The lowest BCUT2D eigenvalue weighted by Crippen LogP contribution is -2.31. The summed E-state index contributed by atoms with van der Waals surface area (Å²) in [6.45, 7) is 2.02. The van der Waals surface area contributed by atoms with Crippen LogP contribution in [-0.2, 0) is 7.05 Å². The van der Waals surface area contributed by atoms with E-state index in [2.05, 4.69) is 0 Å². The first-order chi connectivity index (χ1) is 7.13. The molecule has 1 aromatic carbocycles. The number of aromatic hydroxyl groups is 1. The first-order valence-electron chi connectivity index (χ1n) is 4.79. The Balaban J connectivity index is 2.81. The molecule has 0 radical (unpaired) electrons. The zero-order valence-electron chi connectivity index (χ0n) is 9.11. The summed E-state index contributed by atoms with van der Waals surface area (Å²) < 4.78 is 7.09. The normalized spacial score (nSPS) is 10.6. The van der Waals surface area contributed by atoms with Crippen molar-refractivity contribution in [3.63, 3.8) is 0 Å². The molecule has 0 aliphatic heterocycles. The van der Waals surface area contributed by atoms with E-state index in [9.17, 15) is 5.11 Å². The molecule has 1 aromatic heterocycles. The number of benzene rings is 1. The molecule has 0 saturated heterocycles. The average Bonchev–Trinajstić information content (AvgIpc) is 2.24. The molecule has 78 valence electrons. The second-order valence-corrected chi connectivity index (χ2v) is 3.62. The van der Waals surface area contributed by atoms with E-state index in [4.69, 9.17) is 4.74 Å². The van der Waals surface area contributed by atoms with Crippen LogP contribution in [0.15, 0.2) is 24.4 Å². The monoisotopic (exact) mass is 204 g/mol. The number of hydrogen-bond donors (Lipinski definition) is 1. The van der Waals surface area contributed by atoms with E-state index in [1.165, 1.54) is 0 Å². The first-order valence-corrected chi connectivity index (χ1v) is 4.79. The maximum atomic E-state index is 9.69. The Hall–Kier alpha value is -1.77. The number of aromatic nitrogens is 1. The SMILES string of the molecule is COc1cc2cc[n+](C)c(C)c2cc1O. The van der Waals surface area contributed by atoms with Crippen LogP contribution in [0.2, 0.25) is 0 Å². The molecule has 0 amide bonds. The van der Waals surface area contributed by atoms with Crippen LogP contribution in [0.25, 0.3) is 10.8 Å². The maximum Gasteiger partial charge on any atom is 0.185 e. The lowest BCUT2D eigenvalue weighted by molar-refractivity contribution is -0.676.